The van der Waals surface area contributed by atoms with Gasteiger partial charge >= 0.3 is 0 Å². The molecule has 0 saturated heterocycles. The van der Waals surface area contributed by atoms with Crippen molar-refractivity contribution < 1.29 is 0 Å². The van der Waals surface area contributed by atoms with E-state index >= 15 is 0 Å². The van der Waals surface area contributed by atoms with Gasteiger partial charge in [-0.15, -0.1) is 0 Å². The topological polar surface area (TPSA) is 45.8 Å². The first-order valence-corrected chi connectivity index (χ1v) is 4.69. The summed E-state index contributed by atoms with van der Waals surface area (Å²) in [5, 5.41) is 1.19. The second kappa shape index (κ2) is 3.12. The Morgan fingerprint density at radius 1 is 1.46 bits per heavy atom. The lowest BCUT2D eigenvalue weighted by Gasteiger charge is -1.98. The number of halogens is 2. The molecule has 0 aliphatic heterocycles. The molecule has 0 amide bonds. The van der Waals surface area contributed by atoms with E-state index < -0.39 is 0 Å². The third-order valence-corrected chi connectivity index (χ3v) is 2.74. The molecule has 3 nitrogen and oxygen atoms in total. The number of aromatic amines is 1. The number of aromatic nitrogens is 2. The number of nitrogens with zero attached hydrogens (tertiary/aromatic N) is 1. The van der Waals surface area contributed by atoms with Gasteiger partial charge in [-0.3, -0.25) is 4.79 Å². The van der Waals surface area contributed by atoms with Gasteiger partial charge in [-0.05, 0) is 28.1 Å². The van der Waals surface area contributed by atoms with Gasteiger partial charge < -0.3 is 4.98 Å². The zero-order valence-electron chi connectivity index (χ0n) is 6.34. The Labute approximate surface area is 86.9 Å². The summed E-state index contributed by atoms with van der Waals surface area (Å²) >= 11 is 9.01. The van der Waals surface area contributed by atoms with Crippen molar-refractivity contribution in [1.82, 2.24) is 9.97 Å². The summed E-state index contributed by atoms with van der Waals surface area (Å²) in [6.45, 7) is 0. The molecule has 5 heteroatoms. The van der Waals surface area contributed by atoms with Crippen LogP contribution in [0.5, 0.6) is 0 Å². The van der Waals surface area contributed by atoms with Gasteiger partial charge in [0.25, 0.3) is 0 Å². The van der Waals surface area contributed by atoms with Gasteiger partial charge in [-0.1, -0.05) is 11.6 Å². The highest BCUT2D eigenvalue weighted by atomic mass is 79.9. The van der Waals surface area contributed by atoms with E-state index in [0.29, 0.717) is 15.3 Å². The molecule has 66 valence electrons. The quantitative estimate of drug-likeness (QED) is 0.738. The Bertz CT molecular complexity index is 523. The van der Waals surface area contributed by atoms with Crippen molar-refractivity contribution in [3.05, 3.63) is 38.2 Å². The molecule has 0 saturated carbocycles. The van der Waals surface area contributed by atoms with E-state index in [2.05, 4.69) is 25.9 Å². The summed E-state index contributed by atoms with van der Waals surface area (Å²) in [7, 11) is 0. The van der Waals surface area contributed by atoms with Crippen molar-refractivity contribution in [1.29, 1.82) is 0 Å². The van der Waals surface area contributed by atoms with Crippen molar-refractivity contribution >= 4 is 38.6 Å². The van der Waals surface area contributed by atoms with E-state index in [4.69, 9.17) is 11.6 Å². The summed E-state index contributed by atoms with van der Waals surface area (Å²) in [6.07, 6.45) is 0. The van der Waals surface area contributed by atoms with Gasteiger partial charge in [0.05, 0.1) is 4.47 Å². The largest absolute Gasteiger partial charge is 0.307 e. The van der Waals surface area contributed by atoms with Gasteiger partial charge in [0.15, 0.2) is 0 Å². The van der Waals surface area contributed by atoms with Gasteiger partial charge in [-0.25, -0.2) is 4.98 Å². The highest BCUT2D eigenvalue weighted by molar-refractivity contribution is 9.10. The summed E-state index contributed by atoms with van der Waals surface area (Å²) in [6, 6.07) is 4.95. The van der Waals surface area contributed by atoms with Gasteiger partial charge in [0.2, 0.25) is 5.56 Å². The molecule has 0 radical (unpaired) electrons. The molecular weight excluding hydrogens is 255 g/mol. The predicted octanol–water partition coefficient (Wildman–Crippen LogP) is 2.34. The van der Waals surface area contributed by atoms with Crippen LogP contribution >= 0.6 is 27.5 Å². The van der Waals surface area contributed by atoms with Crippen LogP contribution in [0.3, 0.4) is 0 Å². The highest BCUT2D eigenvalue weighted by Gasteiger charge is 2.01. The first-order chi connectivity index (χ1) is 6.16. The monoisotopic (exact) mass is 258 g/mol. The van der Waals surface area contributed by atoms with Gasteiger partial charge in [0, 0.05) is 11.5 Å². The molecule has 2 heterocycles. The fraction of sp³-hybridized carbons (Fsp3) is 0. The minimum atomic E-state index is -0.182. The van der Waals surface area contributed by atoms with Crippen LogP contribution in [0.2, 0.25) is 5.15 Å². The van der Waals surface area contributed by atoms with Crippen molar-refractivity contribution in [2.45, 2.75) is 0 Å². The second-order valence-electron chi connectivity index (χ2n) is 2.52. The van der Waals surface area contributed by atoms with Crippen LogP contribution in [0.15, 0.2) is 27.5 Å². The van der Waals surface area contributed by atoms with Crippen LogP contribution in [0, 0.1) is 0 Å². The maximum Gasteiger partial charge on any atom is 0.249 e. The molecule has 0 unspecified atom stereocenters. The van der Waals surface area contributed by atoms with E-state index in [-0.39, 0.29) is 5.56 Å². The molecule has 0 aliphatic rings. The Kier molecular flexibility index (Phi) is 2.09. The second-order valence-corrected chi connectivity index (χ2v) is 3.73. The Hall–Kier alpha value is -0.870. The summed E-state index contributed by atoms with van der Waals surface area (Å²) < 4.78 is 0.716. The molecule has 2 aromatic heterocycles. The van der Waals surface area contributed by atoms with E-state index in [9.17, 15) is 4.79 Å². The maximum absolute atomic E-state index is 10.9. The third-order valence-electron chi connectivity index (χ3n) is 1.62. The molecule has 0 aliphatic carbocycles. The standard InChI is InChI=1S/C8H4BrClN2O/c9-5-3-4-1-2-6(13)11-8(4)12-7(5)10/h1-3H,(H,11,12,13). The maximum atomic E-state index is 10.9. The summed E-state index contributed by atoms with van der Waals surface area (Å²) in [5.41, 5.74) is 0.319. The minimum Gasteiger partial charge on any atom is -0.307 e. The van der Waals surface area contributed by atoms with Crippen molar-refractivity contribution in [3.8, 4) is 0 Å². The number of hydrogen-bond donors (Lipinski definition) is 1. The minimum absolute atomic E-state index is 0.182. The molecule has 2 rings (SSSR count). The van der Waals surface area contributed by atoms with E-state index in [1.54, 1.807) is 12.1 Å². The Morgan fingerprint density at radius 2 is 2.23 bits per heavy atom. The Balaban J connectivity index is 2.89. The van der Waals surface area contributed by atoms with E-state index in [1.165, 1.54) is 6.07 Å². The fourth-order valence-electron chi connectivity index (χ4n) is 1.03. The molecule has 0 atom stereocenters. The summed E-state index contributed by atoms with van der Waals surface area (Å²) in [5.74, 6) is 0. The Morgan fingerprint density at radius 3 is 3.00 bits per heavy atom. The number of pyridine rings is 2. The number of rotatable bonds is 0. The molecule has 0 fully saturated rings. The van der Waals surface area contributed by atoms with Crippen LogP contribution in [-0.2, 0) is 0 Å². The molecule has 1 N–H and O–H groups in total. The lowest BCUT2D eigenvalue weighted by molar-refractivity contribution is 1.23. The molecule has 0 aromatic carbocycles. The van der Waals surface area contributed by atoms with Crippen molar-refractivity contribution in [2.24, 2.45) is 0 Å². The fourth-order valence-corrected chi connectivity index (χ4v) is 1.51. The summed E-state index contributed by atoms with van der Waals surface area (Å²) in [4.78, 5) is 17.5. The third kappa shape index (κ3) is 1.59. The number of hydrogen-bond acceptors (Lipinski definition) is 2. The average molecular weight is 259 g/mol. The van der Waals surface area contributed by atoms with Crippen molar-refractivity contribution in [3.63, 3.8) is 0 Å². The molecule has 13 heavy (non-hydrogen) atoms. The average Bonchev–Trinajstić information content (AvgIpc) is 2.08. The van der Waals surface area contributed by atoms with E-state index in [1.807, 2.05) is 0 Å². The van der Waals surface area contributed by atoms with Crippen LogP contribution in [0.25, 0.3) is 11.0 Å². The number of nitrogens with one attached hydrogen (secondary N) is 1. The zero-order chi connectivity index (χ0) is 9.42. The van der Waals surface area contributed by atoms with Crippen molar-refractivity contribution in [2.75, 3.05) is 0 Å². The van der Waals surface area contributed by atoms with Crippen LogP contribution < -0.4 is 5.56 Å². The van der Waals surface area contributed by atoms with Crippen LogP contribution in [0.4, 0.5) is 0 Å². The lowest BCUT2D eigenvalue weighted by Crippen LogP contribution is -2.03. The van der Waals surface area contributed by atoms with Crippen LogP contribution in [0.1, 0.15) is 0 Å². The normalized spacial score (nSPS) is 10.6. The number of fused-ring (bicyclic) bond motifs is 1. The van der Waals surface area contributed by atoms with Crippen LogP contribution in [-0.4, -0.2) is 9.97 Å². The highest BCUT2D eigenvalue weighted by Crippen LogP contribution is 2.23. The number of H-pyrrole nitrogens is 1. The van der Waals surface area contributed by atoms with Gasteiger partial charge in [0.1, 0.15) is 10.8 Å². The smallest absolute Gasteiger partial charge is 0.249 e. The zero-order valence-corrected chi connectivity index (χ0v) is 8.69. The molecule has 0 spiro atoms. The van der Waals surface area contributed by atoms with E-state index in [0.717, 1.165) is 5.39 Å². The first kappa shape index (κ1) is 8.72. The predicted molar refractivity (Wildman–Crippen MR) is 55.1 cm³/mol. The molecular formula is C8H4BrClN2O. The van der Waals surface area contributed by atoms with Gasteiger partial charge in [-0.2, -0.15) is 0 Å². The first-order valence-electron chi connectivity index (χ1n) is 3.52. The SMILES string of the molecule is O=c1ccc2cc(Br)c(Cl)nc2[nH]1. The molecule has 0 bridgehead atoms. The molecule has 2 aromatic rings. The lowest BCUT2D eigenvalue weighted by atomic mass is 10.3.